The molecule has 1 aliphatic rings. The van der Waals surface area contributed by atoms with Crippen molar-refractivity contribution < 1.29 is 14.3 Å². The van der Waals surface area contributed by atoms with Crippen LogP contribution in [0.2, 0.25) is 0 Å². The fraction of sp³-hybridized carbons (Fsp3) is 0.450. The minimum absolute atomic E-state index is 0.0405. The number of Topliss-reactive ketones (excluding diaryl/α,β-unsaturated/α-hetero) is 1. The number of hydrogen-bond acceptors (Lipinski definition) is 5. The van der Waals surface area contributed by atoms with E-state index in [1.165, 1.54) is 6.20 Å². The Morgan fingerprint density at radius 1 is 1.30 bits per heavy atom. The average molecular weight is 370 g/mol. The summed E-state index contributed by atoms with van der Waals surface area (Å²) in [5.74, 6) is 0.913. The van der Waals surface area contributed by atoms with Gasteiger partial charge in [-0.3, -0.25) is 9.59 Å². The van der Waals surface area contributed by atoms with Gasteiger partial charge in [-0.25, -0.2) is 4.68 Å². The van der Waals surface area contributed by atoms with Crippen molar-refractivity contribution in [3.8, 4) is 11.4 Å². The molecule has 2 N–H and O–H groups in total. The maximum atomic E-state index is 13.0. The predicted octanol–water partition coefficient (Wildman–Crippen LogP) is 2.68. The summed E-state index contributed by atoms with van der Waals surface area (Å²) in [6.07, 6.45) is 4.46. The summed E-state index contributed by atoms with van der Waals surface area (Å²) in [6.45, 7) is 3.17. The first-order valence-corrected chi connectivity index (χ1v) is 9.35. The van der Waals surface area contributed by atoms with E-state index in [1.807, 2.05) is 31.2 Å². The Bertz CT molecular complexity index is 813. The zero-order chi connectivity index (χ0) is 19.4. The van der Waals surface area contributed by atoms with Crippen LogP contribution < -0.4 is 10.5 Å². The van der Waals surface area contributed by atoms with Gasteiger partial charge in [0, 0.05) is 25.4 Å². The standard InChI is InChI=1S/C20H26N4O3/c1-3-5-18(25)23-11-4-6-14(13-23)19(26)17-12-22-24(20(17)21)15-7-9-16(27-2)10-8-15/h7-10,12,14H,3-6,11,13,21H2,1-2H3/t14-/m1/s1. The summed E-state index contributed by atoms with van der Waals surface area (Å²) in [5, 5.41) is 4.29. The van der Waals surface area contributed by atoms with E-state index in [9.17, 15) is 9.59 Å². The minimum atomic E-state index is -0.227. The molecule has 1 saturated heterocycles. The first-order valence-electron chi connectivity index (χ1n) is 9.35. The smallest absolute Gasteiger partial charge is 0.222 e. The van der Waals surface area contributed by atoms with Crippen LogP contribution in [0.4, 0.5) is 5.82 Å². The molecule has 0 unspecified atom stereocenters. The number of nitrogens with zero attached hydrogens (tertiary/aromatic N) is 3. The van der Waals surface area contributed by atoms with Gasteiger partial charge in [0.25, 0.3) is 0 Å². The van der Waals surface area contributed by atoms with Crippen LogP contribution in [0, 0.1) is 5.92 Å². The number of rotatable bonds is 6. The molecule has 3 rings (SSSR count). The predicted molar refractivity (Wildman–Crippen MR) is 103 cm³/mol. The number of hydrogen-bond donors (Lipinski definition) is 1. The van der Waals surface area contributed by atoms with Crippen molar-refractivity contribution in [2.45, 2.75) is 32.6 Å². The molecule has 0 saturated carbocycles. The SMILES string of the molecule is CCCC(=O)N1CCC[C@@H](C(=O)c2cnn(-c3ccc(OC)cc3)c2N)C1. The zero-order valence-corrected chi connectivity index (χ0v) is 15.9. The molecule has 0 bridgehead atoms. The van der Waals surface area contributed by atoms with E-state index in [0.29, 0.717) is 24.3 Å². The van der Waals surface area contributed by atoms with Crippen LogP contribution >= 0.6 is 0 Å². The molecular formula is C20H26N4O3. The third-order valence-electron chi connectivity index (χ3n) is 5.00. The van der Waals surface area contributed by atoms with Crippen LogP contribution in [0.15, 0.2) is 30.5 Å². The van der Waals surface area contributed by atoms with Crippen LogP contribution in [-0.4, -0.2) is 46.6 Å². The lowest BCUT2D eigenvalue weighted by atomic mass is 9.90. The molecule has 2 heterocycles. The number of ketones is 1. The highest BCUT2D eigenvalue weighted by Gasteiger charge is 2.30. The van der Waals surface area contributed by atoms with Crippen molar-refractivity contribution in [3.63, 3.8) is 0 Å². The number of anilines is 1. The van der Waals surface area contributed by atoms with Gasteiger partial charge in [-0.05, 0) is 43.5 Å². The largest absolute Gasteiger partial charge is 0.497 e. The second-order valence-corrected chi connectivity index (χ2v) is 6.85. The monoisotopic (exact) mass is 370 g/mol. The van der Waals surface area contributed by atoms with Crippen LogP contribution in [0.3, 0.4) is 0 Å². The van der Waals surface area contributed by atoms with E-state index in [2.05, 4.69) is 5.10 Å². The molecule has 1 aromatic heterocycles. The van der Waals surface area contributed by atoms with Crippen molar-refractivity contribution in [1.82, 2.24) is 14.7 Å². The van der Waals surface area contributed by atoms with Crippen molar-refractivity contribution >= 4 is 17.5 Å². The third-order valence-corrected chi connectivity index (χ3v) is 5.00. The lowest BCUT2D eigenvalue weighted by molar-refractivity contribution is -0.132. The molecule has 0 radical (unpaired) electrons. The number of likely N-dealkylation sites (tertiary alicyclic amines) is 1. The maximum absolute atomic E-state index is 13.0. The zero-order valence-electron chi connectivity index (χ0n) is 15.9. The number of carbonyl (C=O) groups excluding carboxylic acids is 2. The number of nitrogen functional groups attached to an aromatic ring is 1. The molecule has 1 aliphatic heterocycles. The van der Waals surface area contributed by atoms with E-state index in [4.69, 9.17) is 10.5 Å². The van der Waals surface area contributed by atoms with Gasteiger partial charge in [-0.2, -0.15) is 5.10 Å². The molecule has 1 fully saturated rings. The van der Waals surface area contributed by atoms with Crippen molar-refractivity contribution in [2.75, 3.05) is 25.9 Å². The Kier molecular flexibility index (Phi) is 5.78. The Morgan fingerprint density at radius 3 is 2.70 bits per heavy atom. The Labute approximate surface area is 159 Å². The first kappa shape index (κ1) is 18.9. The van der Waals surface area contributed by atoms with E-state index < -0.39 is 0 Å². The van der Waals surface area contributed by atoms with Gasteiger partial charge in [0.15, 0.2) is 5.78 Å². The molecule has 144 valence electrons. The summed E-state index contributed by atoms with van der Waals surface area (Å²) in [7, 11) is 1.60. The number of benzene rings is 1. The number of piperidine rings is 1. The molecule has 27 heavy (non-hydrogen) atoms. The van der Waals surface area contributed by atoms with Crippen molar-refractivity contribution in [3.05, 3.63) is 36.0 Å². The van der Waals surface area contributed by atoms with Crippen LogP contribution in [0.1, 0.15) is 43.0 Å². The normalized spacial score (nSPS) is 17.0. The molecule has 1 atom stereocenters. The van der Waals surface area contributed by atoms with Gasteiger partial charge in [0.2, 0.25) is 5.91 Å². The topological polar surface area (TPSA) is 90.5 Å². The second kappa shape index (κ2) is 8.24. The number of nitrogens with two attached hydrogens (primary N) is 1. The van der Waals surface area contributed by atoms with E-state index in [0.717, 1.165) is 37.2 Å². The van der Waals surface area contributed by atoms with Gasteiger partial charge < -0.3 is 15.4 Å². The van der Waals surface area contributed by atoms with Gasteiger partial charge in [-0.15, -0.1) is 0 Å². The minimum Gasteiger partial charge on any atom is -0.497 e. The Hall–Kier alpha value is -2.83. The molecular weight excluding hydrogens is 344 g/mol. The molecule has 2 aromatic rings. The summed E-state index contributed by atoms with van der Waals surface area (Å²) in [6, 6.07) is 7.30. The number of ether oxygens (including phenoxy) is 1. The molecule has 0 spiro atoms. The van der Waals surface area contributed by atoms with Gasteiger partial charge in [-0.1, -0.05) is 6.92 Å². The lowest BCUT2D eigenvalue weighted by Gasteiger charge is -2.32. The fourth-order valence-corrected chi connectivity index (χ4v) is 3.49. The van der Waals surface area contributed by atoms with E-state index in [1.54, 1.807) is 16.7 Å². The summed E-state index contributed by atoms with van der Waals surface area (Å²) >= 11 is 0. The Morgan fingerprint density at radius 2 is 2.04 bits per heavy atom. The van der Waals surface area contributed by atoms with Gasteiger partial charge in [0.05, 0.1) is 24.6 Å². The third kappa shape index (κ3) is 3.97. The number of amides is 1. The highest BCUT2D eigenvalue weighted by Crippen LogP contribution is 2.26. The van der Waals surface area contributed by atoms with Crippen LogP contribution in [0.25, 0.3) is 5.69 Å². The van der Waals surface area contributed by atoms with Gasteiger partial charge >= 0.3 is 0 Å². The van der Waals surface area contributed by atoms with Crippen LogP contribution in [-0.2, 0) is 4.79 Å². The summed E-state index contributed by atoms with van der Waals surface area (Å²) in [5.41, 5.74) is 7.40. The second-order valence-electron chi connectivity index (χ2n) is 6.85. The number of carbonyl (C=O) groups is 2. The summed E-state index contributed by atoms with van der Waals surface area (Å²) < 4.78 is 6.71. The number of aromatic nitrogens is 2. The first-order chi connectivity index (χ1) is 13.0. The Balaban J connectivity index is 1.77. The quantitative estimate of drug-likeness (QED) is 0.790. The van der Waals surface area contributed by atoms with Crippen molar-refractivity contribution in [2.24, 2.45) is 5.92 Å². The highest BCUT2D eigenvalue weighted by molar-refractivity contribution is 6.02. The van der Waals surface area contributed by atoms with E-state index >= 15 is 0 Å². The summed E-state index contributed by atoms with van der Waals surface area (Å²) in [4.78, 5) is 27.0. The molecule has 7 heteroatoms. The lowest BCUT2D eigenvalue weighted by Crippen LogP contribution is -2.42. The molecule has 7 nitrogen and oxygen atoms in total. The fourth-order valence-electron chi connectivity index (χ4n) is 3.49. The molecule has 0 aliphatic carbocycles. The average Bonchev–Trinajstić information content (AvgIpc) is 3.09. The van der Waals surface area contributed by atoms with Crippen molar-refractivity contribution in [1.29, 1.82) is 0 Å². The number of methoxy groups -OCH3 is 1. The molecule has 1 aromatic carbocycles. The van der Waals surface area contributed by atoms with E-state index in [-0.39, 0.29) is 17.6 Å². The van der Waals surface area contributed by atoms with Gasteiger partial charge in [0.1, 0.15) is 11.6 Å². The van der Waals surface area contributed by atoms with Crippen LogP contribution in [0.5, 0.6) is 5.75 Å². The maximum Gasteiger partial charge on any atom is 0.222 e. The highest BCUT2D eigenvalue weighted by atomic mass is 16.5. The molecule has 1 amide bonds.